The van der Waals surface area contributed by atoms with E-state index in [2.05, 4.69) is 5.32 Å². The highest BCUT2D eigenvalue weighted by molar-refractivity contribution is 7.89. The lowest BCUT2D eigenvalue weighted by atomic mass is 10.3. The number of hydrogen-bond donors (Lipinski definition) is 1. The molecule has 0 aliphatic heterocycles. The first-order valence-corrected chi connectivity index (χ1v) is 7.86. The molecule has 5 nitrogen and oxygen atoms in total. The molecule has 1 aromatic carbocycles. The second-order valence-corrected chi connectivity index (χ2v) is 6.70. The number of benzene rings is 1. The van der Waals surface area contributed by atoms with Crippen LogP contribution in [0.2, 0.25) is 0 Å². The summed E-state index contributed by atoms with van der Waals surface area (Å²) in [6.07, 6.45) is 0. The minimum atomic E-state index is -4.13. The summed E-state index contributed by atoms with van der Waals surface area (Å²) in [4.78, 5) is 11.2. The molecule has 0 aliphatic rings. The maximum Gasteiger partial charge on any atom is 0.243 e. The number of hydrogen-bond acceptors (Lipinski definition) is 3. The van der Waals surface area contributed by atoms with Crippen molar-refractivity contribution in [1.82, 2.24) is 9.62 Å². The number of nitrogens with zero attached hydrogens (tertiary/aromatic N) is 1. The lowest BCUT2D eigenvalue weighted by Gasteiger charge is -2.20. The van der Waals surface area contributed by atoms with Crippen molar-refractivity contribution in [1.29, 1.82) is 0 Å². The van der Waals surface area contributed by atoms with Crippen LogP contribution in [0.1, 0.15) is 20.8 Å². The maximum absolute atomic E-state index is 13.2. The van der Waals surface area contributed by atoms with Crippen LogP contribution in [0.15, 0.2) is 23.1 Å². The van der Waals surface area contributed by atoms with Gasteiger partial charge in [0.2, 0.25) is 15.9 Å². The molecule has 0 atom stereocenters. The van der Waals surface area contributed by atoms with Crippen LogP contribution in [0.4, 0.5) is 8.78 Å². The van der Waals surface area contributed by atoms with Gasteiger partial charge in [-0.1, -0.05) is 6.92 Å². The van der Waals surface area contributed by atoms with Crippen molar-refractivity contribution >= 4 is 15.9 Å². The Labute approximate surface area is 123 Å². The van der Waals surface area contributed by atoms with E-state index in [1.54, 1.807) is 13.8 Å². The van der Waals surface area contributed by atoms with Crippen molar-refractivity contribution in [2.24, 2.45) is 0 Å². The number of carbonyl (C=O) groups excluding carboxylic acids is 1. The van der Waals surface area contributed by atoms with Gasteiger partial charge in [-0.2, -0.15) is 4.31 Å². The van der Waals surface area contributed by atoms with E-state index in [1.807, 2.05) is 0 Å². The summed E-state index contributed by atoms with van der Waals surface area (Å²) >= 11 is 0. The second-order valence-electron chi connectivity index (χ2n) is 4.76. The van der Waals surface area contributed by atoms with Gasteiger partial charge in [-0.05, 0) is 26.0 Å². The molecule has 1 rings (SSSR count). The summed E-state index contributed by atoms with van der Waals surface area (Å²) in [7, 11) is -4.13. The van der Waals surface area contributed by atoms with Gasteiger partial charge >= 0.3 is 0 Å². The number of nitrogens with one attached hydrogen (secondary N) is 1. The molecular formula is C13H18F2N2O3S. The number of sulfonamides is 1. The summed E-state index contributed by atoms with van der Waals surface area (Å²) in [5.41, 5.74) is 0. The second kappa shape index (κ2) is 6.95. The Morgan fingerprint density at radius 1 is 1.24 bits per heavy atom. The smallest absolute Gasteiger partial charge is 0.243 e. The zero-order valence-corrected chi connectivity index (χ0v) is 12.9. The molecule has 1 N–H and O–H groups in total. The molecule has 0 heterocycles. The molecule has 0 aliphatic carbocycles. The zero-order chi connectivity index (χ0) is 16.2. The van der Waals surface area contributed by atoms with Gasteiger partial charge in [-0.25, -0.2) is 17.2 Å². The third-order valence-electron chi connectivity index (χ3n) is 2.60. The molecule has 21 heavy (non-hydrogen) atoms. The van der Waals surface area contributed by atoms with E-state index in [0.29, 0.717) is 6.07 Å². The molecule has 8 heteroatoms. The molecule has 118 valence electrons. The molecule has 0 unspecified atom stereocenters. The van der Waals surface area contributed by atoms with E-state index in [0.717, 1.165) is 16.4 Å². The van der Waals surface area contributed by atoms with Crippen molar-refractivity contribution in [2.75, 3.05) is 13.1 Å². The van der Waals surface area contributed by atoms with Crippen LogP contribution in [-0.4, -0.2) is 37.8 Å². The standard InChI is InChI=1S/C13H18F2N2O3S/c1-4-17(8-13(18)16-9(2)3)21(19,20)12-6-10(14)5-11(15)7-12/h5-7,9H,4,8H2,1-3H3,(H,16,18). The van der Waals surface area contributed by atoms with Gasteiger partial charge in [-0.15, -0.1) is 0 Å². The van der Waals surface area contributed by atoms with Crippen LogP contribution in [0.25, 0.3) is 0 Å². The SMILES string of the molecule is CCN(CC(=O)NC(C)C)S(=O)(=O)c1cc(F)cc(F)c1. The Balaban J connectivity index is 3.05. The average Bonchev–Trinajstić information content (AvgIpc) is 2.33. The topological polar surface area (TPSA) is 66.5 Å². The Kier molecular flexibility index (Phi) is 5.79. The van der Waals surface area contributed by atoms with Crippen LogP contribution < -0.4 is 5.32 Å². The zero-order valence-electron chi connectivity index (χ0n) is 12.1. The van der Waals surface area contributed by atoms with Gasteiger partial charge in [0.05, 0.1) is 11.4 Å². The molecule has 0 fully saturated rings. The Hall–Kier alpha value is -1.54. The van der Waals surface area contributed by atoms with E-state index in [9.17, 15) is 22.0 Å². The quantitative estimate of drug-likeness (QED) is 0.864. The highest BCUT2D eigenvalue weighted by Crippen LogP contribution is 2.18. The van der Waals surface area contributed by atoms with E-state index < -0.39 is 39.0 Å². The third-order valence-corrected chi connectivity index (χ3v) is 4.49. The van der Waals surface area contributed by atoms with Gasteiger partial charge < -0.3 is 5.32 Å². The predicted octanol–water partition coefficient (Wildman–Crippen LogP) is 1.50. The predicted molar refractivity (Wildman–Crippen MR) is 74.1 cm³/mol. The van der Waals surface area contributed by atoms with E-state index in [-0.39, 0.29) is 12.6 Å². The fraction of sp³-hybridized carbons (Fsp3) is 0.462. The van der Waals surface area contributed by atoms with Crippen molar-refractivity contribution in [3.05, 3.63) is 29.8 Å². The van der Waals surface area contributed by atoms with Gasteiger partial charge in [-0.3, -0.25) is 4.79 Å². The first kappa shape index (κ1) is 17.5. The molecule has 1 aromatic rings. The monoisotopic (exact) mass is 320 g/mol. The van der Waals surface area contributed by atoms with Crippen LogP contribution in [0.5, 0.6) is 0 Å². The summed E-state index contributed by atoms with van der Waals surface area (Å²) < 4.78 is 51.8. The van der Waals surface area contributed by atoms with Crippen LogP contribution >= 0.6 is 0 Å². The lowest BCUT2D eigenvalue weighted by Crippen LogP contribution is -2.42. The van der Waals surface area contributed by atoms with Crippen molar-refractivity contribution in [3.8, 4) is 0 Å². The van der Waals surface area contributed by atoms with Crippen molar-refractivity contribution in [2.45, 2.75) is 31.7 Å². The molecular weight excluding hydrogens is 302 g/mol. The summed E-state index contributed by atoms with van der Waals surface area (Å²) in [5.74, 6) is -2.46. The normalized spacial score (nSPS) is 12.0. The molecule has 0 aromatic heterocycles. The summed E-state index contributed by atoms with van der Waals surface area (Å²) in [5, 5.41) is 2.56. The van der Waals surface area contributed by atoms with Gasteiger partial charge in [0.25, 0.3) is 0 Å². The van der Waals surface area contributed by atoms with Crippen molar-refractivity contribution < 1.29 is 22.0 Å². The first-order chi connectivity index (χ1) is 9.66. The fourth-order valence-electron chi connectivity index (χ4n) is 1.72. The number of amides is 1. The largest absolute Gasteiger partial charge is 0.353 e. The molecule has 0 spiro atoms. The van der Waals surface area contributed by atoms with Crippen molar-refractivity contribution in [3.63, 3.8) is 0 Å². The Morgan fingerprint density at radius 3 is 2.19 bits per heavy atom. The summed E-state index contributed by atoms with van der Waals surface area (Å²) in [6, 6.07) is 1.90. The number of rotatable bonds is 6. The highest BCUT2D eigenvalue weighted by Gasteiger charge is 2.26. The third kappa shape index (κ3) is 4.75. The molecule has 0 radical (unpaired) electrons. The lowest BCUT2D eigenvalue weighted by molar-refractivity contribution is -0.121. The molecule has 0 bridgehead atoms. The van der Waals surface area contributed by atoms with Crippen LogP contribution in [-0.2, 0) is 14.8 Å². The van der Waals surface area contributed by atoms with Gasteiger partial charge in [0, 0.05) is 18.7 Å². The number of carbonyl (C=O) groups is 1. The number of likely N-dealkylation sites (N-methyl/N-ethyl adjacent to an activating group) is 1. The highest BCUT2D eigenvalue weighted by atomic mass is 32.2. The van der Waals surface area contributed by atoms with E-state index in [4.69, 9.17) is 0 Å². The fourth-order valence-corrected chi connectivity index (χ4v) is 3.17. The maximum atomic E-state index is 13.2. The van der Waals surface area contributed by atoms with Crippen LogP contribution in [0, 0.1) is 11.6 Å². The first-order valence-electron chi connectivity index (χ1n) is 6.42. The van der Waals surface area contributed by atoms with E-state index >= 15 is 0 Å². The summed E-state index contributed by atoms with van der Waals surface area (Å²) in [6.45, 7) is 4.62. The molecule has 0 saturated carbocycles. The van der Waals surface area contributed by atoms with E-state index in [1.165, 1.54) is 6.92 Å². The van der Waals surface area contributed by atoms with Gasteiger partial charge in [0.15, 0.2) is 0 Å². The molecule has 0 saturated heterocycles. The molecule has 1 amide bonds. The van der Waals surface area contributed by atoms with Crippen LogP contribution in [0.3, 0.4) is 0 Å². The van der Waals surface area contributed by atoms with Gasteiger partial charge in [0.1, 0.15) is 11.6 Å². The number of halogens is 2. The average molecular weight is 320 g/mol. The Bertz CT molecular complexity index is 598. The minimum Gasteiger partial charge on any atom is -0.353 e. The minimum absolute atomic E-state index is 0.00593. The Morgan fingerprint density at radius 2 is 1.76 bits per heavy atom.